The fraction of sp³-hybridized carbons (Fsp3) is 0.619. The average Bonchev–Trinajstić information content (AvgIpc) is 3.10. The lowest BCUT2D eigenvalue weighted by Crippen LogP contribution is -2.35. The Morgan fingerprint density at radius 3 is 2.97 bits per heavy atom. The van der Waals surface area contributed by atoms with E-state index < -0.39 is 0 Å². The van der Waals surface area contributed by atoms with Gasteiger partial charge in [0.05, 0.1) is 6.20 Å². The molecular formula is C21H31N7O. The first-order chi connectivity index (χ1) is 14.2. The highest BCUT2D eigenvalue weighted by molar-refractivity contribution is 5.92. The highest BCUT2D eigenvalue weighted by Crippen LogP contribution is 2.20. The van der Waals surface area contributed by atoms with E-state index in [9.17, 15) is 4.79 Å². The summed E-state index contributed by atoms with van der Waals surface area (Å²) in [6, 6.07) is 2.61. The Morgan fingerprint density at radius 1 is 1.21 bits per heavy atom. The van der Waals surface area contributed by atoms with Crippen molar-refractivity contribution in [1.29, 1.82) is 0 Å². The molecule has 2 aliphatic rings. The van der Waals surface area contributed by atoms with Crippen LogP contribution in [0, 0.1) is 6.92 Å². The third kappa shape index (κ3) is 4.93. The molecule has 4 heterocycles. The van der Waals surface area contributed by atoms with Crippen LogP contribution in [0.3, 0.4) is 0 Å². The van der Waals surface area contributed by atoms with Crippen molar-refractivity contribution in [1.82, 2.24) is 30.2 Å². The van der Waals surface area contributed by atoms with Crippen molar-refractivity contribution >= 4 is 11.6 Å². The van der Waals surface area contributed by atoms with Crippen LogP contribution in [-0.4, -0.2) is 69.6 Å². The fourth-order valence-electron chi connectivity index (χ4n) is 4.31. The zero-order valence-corrected chi connectivity index (χ0v) is 17.3. The van der Waals surface area contributed by atoms with Gasteiger partial charge in [0.1, 0.15) is 0 Å². The maximum Gasteiger partial charge on any atom is 0.276 e. The van der Waals surface area contributed by atoms with E-state index in [4.69, 9.17) is 0 Å². The van der Waals surface area contributed by atoms with Crippen molar-refractivity contribution in [2.45, 2.75) is 51.6 Å². The number of hydrogen-bond acceptors (Lipinski definition) is 6. The second kappa shape index (κ2) is 9.35. The van der Waals surface area contributed by atoms with E-state index in [0.717, 1.165) is 45.6 Å². The molecule has 2 fully saturated rings. The van der Waals surface area contributed by atoms with Gasteiger partial charge in [-0.05, 0) is 50.8 Å². The molecule has 2 aromatic heterocycles. The van der Waals surface area contributed by atoms with Gasteiger partial charge in [0.2, 0.25) is 0 Å². The highest BCUT2D eigenvalue weighted by Gasteiger charge is 2.23. The summed E-state index contributed by atoms with van der Waals surface area (Å²) in [5.74, 6) is -0.0136. The Balaban J connectivity index is 1.32. The number of aromatic nitrogens is 4. The predicted molar refractivity (Wildman–Crippen MR) is 112 cm³/mol. The lowest BCUT2D eigenvalue weighted by molar-refractivity contribution is 0.0761. The second-order valence-corrected chi connectivity index (χ2v) is 8.10. The van der Waals surface area contributed by atoms with Crippen molar-refractivity contribution in [3.05, 3.63) is 35.9 Å². The van der Waals surface area contributed by atoms with Gasteiger partial charge < -0.3 is 15.1 Å². The standard InChI is InChI=1S/C21H31N7O/c1-17-15-22-9-6-20(17)26-10-4-11-27(14-13-26)21(29)19-16-28(25-24-19)12-7-18-5-2-3-8-23-18/h6,9,15-16,18,23H,2-5,7-8,10-14H2,1H3. The Bertz CT molecular complexity index is 815. The van der Waals surface area contributed by atoms with Crippen molar-refractivity contribution in [3.63, 3.8) is 0 Å². The number of rotatable bonds is 5. The van der Waals surface area contributed by atoms with Crippen LogP contribution in [0.5, 0.6) is 0 Å². The minimum Gasteiger partial charge on any atom is -0.369 e. The largest absolute Gasteiger partial charge is 0.369 e. The van der Waals surface area contributed by atoms with Gasteiger partial charge >= 0.3 is 0 Å². The quantitative estimate of drug-likeness (QED) is 0.830. The number of piperidine rings is 1. The number of carbonyl (C=O) groups is 1. The van der Waals surface area contributed by atoms with Gasteiger partial charge in [-0.25, -0.2) is 0 Å². The van der Waals surface area contributed by atoms with Gasteiger partial charge in [-0.15, -0.1) is 5.10 Å². The maximum atomic E-state index is 13.0. The van der Waals surface area contributed by atoms with Gasteiger partial charge in [0.25, 0.3) is 5.91 Å². The third-order valence-corrected chi connectivity index (χ3v) is 5.99. The summed E-state index contributed by atoms with van der Waals surface area (Å²) in [4.78, 5) is 21.4. The smallest absolute Gasteiger partial charge is 0.276 e. The number of pyridine rings is 1. The molecule has 2 saturated heterocycles. The van der Waals surface area contributed by atoms with Gasteiger partial charge in [-0.3, -0.25) is 14.5 Å². The first kappa shape index (κ1) is 19.8. The van der Waals surface area contributed by atoms with Crippen LogP contribution < -0.4 is 10.2 Å². The van der Waals surface area contributed by atoms with Crippen LogP contribution in [0.1, 0.15) is 48.2 Å². The normalized spacial score (nSPS) is 20.5. The van der Waals surface area contributed by atoms with E-state index in [1.54, 1.807) is 6.20 Å². The molecule has 4 rings (SSSR count). The molecule has 8 heteroatoms. The highest BCUT2D eigenvalue weighted by atomic mass is 16.2. The fourth-order valence-corrected chi connectivity index (χ4v) is 4.31. The molecule has 0 bridgehead atoms. The molecule has 1 amide bonds. The summed E-state index contributed by atoms with van der Waals surface area (Å²) in [7, 11) is 0. The summed E-state index contributed by atoms with van der Waals surface area (Å²) in [6.45, 7) is 7.19. The monoisotopic (exact) mass is 397 g/mol. The number of anilines is 1. The lowest BCUT2D eigenvalue weighted by Gasteiger charge is -2.24. The van der Waals surface area contributed by atoms with E-state index in [-0.39, 0.29) is 5.91 Å². The van der Waals surface area contributed by atoms with E-state index >= 15 is 0 Å². The summed E-state index contributed by atoms with van der Waals surface area (Å²) < 4.78 is 1.81. The molecule has 2 aromatic rings. The Kier molecular flexibility index (Phi) is 6.39. The summed E-state index contributed by atoms with van der Waals surface area (Å²) in [5, 5.41) is 11.9. The molecule has 0 aliphatic carbocycles. The van der Waals surface area contributed by atoms with Gasteiger partial charge in [-0.2, -0.15) is 0 Å². The summed E-state index contributed by atoms with van der Waals surface area (Å²) >= 11 is 0. The Labute approximate surface area is 172 Å². The molecule has 0 spiro atoms. The molecule has 8 nitrogen and oxygen atoms in total. The molecule has 0 aromatic carbocycles. The number of aryl methyl sites for hydroxylation is 2. The van der Waals surface area contributed by atoms with E-state index in [0.29, 0.717) is 18.3 Å². The number of amides is 1. The SMILES string of the molecule is Cc1cnccc1N1CCCN(C(=O)c2cn(CCC3CCCCN3)nn2)CC1. The molecule has 1 N–H and O–H groups in total. The molecule has 1 atom stereocenters. The van der Waals surface area contributed by atoms with Crippen LogP contribution in [0.15, 0.2) is 24.7 Å². The van der Waals surface area contributed by atoms with E-state index in [1.807, 2.05) is 22.0 Å². The molecule has 1 unspecified atom stereocenters. The van der Waals surface area contributed by atoms with Crippen molar-refractivity contribution in [2.24, 2.45) is 0 Å². The predicted octanol–water partition coefficient (Wildman–Crippen LogP) is 1.87. The molecule has 2 aliphatic heterocycles. The van der Waals surface area contributed by atoms with Crippen LogP contribution in [0.4, 0.5) is 5.69 Å². The van der Waals surface area contributed by atoms with Crippen molar-refractivity contribution < 1.29 is 4.79 Å². The number of hydrogen-bond donors (Lipinski definition) is 1. The summed E-state index contributed by atoms with van der Waals surface area (Å²) in [6.07, 6.45) is 11.3. The molecule has 29 heavy (non-hydrogen) atoms. The zero-order chi connectivity index (χ0) is 20.1. The lowest BCUT2D eigenvalue weighted by atomic mass is 10.0. The Hall–Kier alpha value is -2.48. The van der Waals surface area contributed by atoms with E-state index in [2.05, 4.69) is 38.5 Å². The van der Waals surface area contributed by atoms with E-state index in [1.165, 1.54) is 30.5 Å². The average molecular weight is 398 g/mol. The third-order valence-electron chi connectivity index (χ3n) is 5.99. The number of carbonyl (C=O) groups excluding carboxylic acids is 1. The van der Waals surface area contributed by atoms with Crippen LogP contribution in [0.2, 0.25) is 0 Å². The minimum absolute atomic E-state index is 0.0136. The van der Waals surface area contributed by atoms with Gasteiger partial charge in [0, 0.05) is 56.8 Å². The number of nitrogens with one attached hydrogen (secondary N) is 1. The summed E-state index contributed by atoms with van der Waals surface area (Å²) in [5.41, 5.74) is 2.83. The molecule has 0 saturated carbocycles. The van der Waals surface area contributed by atoms with Gasteiger partial charge in [-0.1, -0.05) is 11.6 Å². The first-order valence-corrected chi connectivity index (χ1v) is 10.8. The number of nitrogens with zero attached hydrogens (tertiary/aromatic N) is 6. The van der Waals surface area contributed by atoms with Crippen molar-refractivity contribution in [3.8, 4) is 0 Å². The van der Waals surface area contributed by atoms with Crippen LogP contribution >= 0.6 is 0 Å². The molecule has 156 valence electrons. The maximum absolute atomic E-state index is 13.0. The Morgan fingerprint density at radius 2 is 2.14 bits per heavy atom. The van der Waals surface area contributed by atoms with Crippen LogP contribution in [-0.2, 0) is 6.54 Å². The topological polar surface area (TPSA) is 79.2 Å². The zero-order valence-electron chi connectivity index (χ0n) is 17.3. The first-order valence-electron chi connectivity index (χ1n) is 10.8. The minimum atomic E-state index is -0.0136. The van der Waals surface area contributed by atoms with Gasteiger partial charge in [0.15, 0.2) is 5.69 Å². The molecule has 0 radical (unpaired) electrons. The second-order valence-electron chi connectivity index (χ2n) is 8.10. The van der Waals surface area contributed by atoms with Crippen LogP contribution in [0.25, 0.3) is 0 Å². The van der Waals surface area contributed by atoms with Crippen molar-refractivity contribution in [2.75, 3.05) is 37.6 Å². The molecular weight excluding hydrogens is 366 g/mol.